The van der Waals surface area contributed by atoms with Crippen LogP contribution in [0.1, 0.15) is 43.3 Å². The number of hydrogen-bond donors (Lipinski definition) is 0. The second-order valence-electron chi connectivity index (χ2n) is 4.89. The highest BCUT2D eigenvalue weighted by atomic mass is 16.5. The molecule has 0 bridgehead atoms. The van der Waals surface area contributed by atoms with Gasteiger partial charge in [-0.05, 0) is 25.2 Å². The number of carbonyl (C=O) groups excluding carboxylic acids is 1. The van der Waals surface area contributed by atoms with Gasteiger partial charge in [0.05, 0.1) is 5.92 Å². The molecule has 2 fully saturated rings. The van der Waals surface area contributed by atoms with E-state index in [4.69, 9.17) is 9.26 Å². The summed E-state index contributed by atoms with van der Waals surface area (Å²) in [6.07, 6.45) is 4.31. The normalized spacial score (nSPS) is 29.1. The summed E-state index contributed by atoms with van der Waals surface area (Å²) in [7, 11) is 0. The van der Waals surface area contributed by atoms with Crippen molar-refractivity contribution in [1.29, 1.82) is 0 Å². The monoisotopic (exact) mass is 236 g/mol. The van der Waals surface area contributed by atoms with Crippen LogP contribution in [0.3, 0.4) is 0 Å². The molecular formula is C12H16N2O3. The minimum atomic E-state index is -0.143. The molecule has 0 N–H and O–H groups in total. The van der Waals surface area contributed by atoms with Crippen molar-refractivity contribution in [3.05, 3.63) is 11.7 Å². The lowest BCUT2D eigenvalue weighted by atomic mass is 10.0. The summed E-state index contributed by atoms with van der Waals surface area (Å²) in [6, 6.07) is 0. The Hall–Kier alpha value is -1.23. The van der Waals surface area contributed by atoms with Gasteiger partial charge in [0.1, 0.15) is 5.78 Å². The largest absolute Gasteiger partial charge is 0.381 e. The Bertz CT molecular complexity index is 410. The molecule has 0 radical (unpaired) electrons. The SMILES string of the molecule is O=C1CCCC1c1nc(CC2CCOC2)no1. The van der Waals surface area contributed by atoms with Gasteiger partial charge >= 0.3 is 0 Å². The zero-order valence-electron chi connectivity index (χ0n) is 9.72. The molecule has 1 saturated carbocycles. The van der Waals surface area contributed by atoms with Crippen LogP contribution in [0.4, 0.5) is 0 Å². The van der Waals surface area contributed by atoms with Gasteiger partial charge in [0.15, 0.2) is 5.82 Å². The molecule has 1 aliphatic heterocycles. The second kappa shape index (κ2) is 4.56. The molecule has 5 heteroatoms. The van der Waals surface area contributed by atoms with Crippen LogP contribution in [-0.4, -0.2) is 29.1 Å². The van der Waals surface area contributed by atoms with Crippen molar-refractivity contribution in [2.45, 2.75) is 38.0 Å². The number of ether oxygens (including phenoxy) is 1. The van der Waals surface area contributed by atoms with E-state index in [-0.39, 0.29) is 11.7 Å². The highest BCUT2D eigenvalue weighted by Gasteiger charge is 2.31. The zero-order chi connectivity index (χ0) is 11.7. The maximum Gasteiger partial charge on any atom is 0.237 e. The molecule has 1 aromatic rings. The lowest BCUT2D eigenvalue weighted by Gasteiger charge is -2.01. The fourth-order valence-electron chi connectivity index (χ4n) is 2.57. The van der Waals surface area contributed by atoms with Gasteiger partial charge in [0.25, 0.3) is 0 Å². The first kappa shape index (κ1) is 10.9. The zero-order valence-corrected chi connectivity index (χ0v) is 9.72. The van der Waals surface area contributed by atoms with Crippen molar-refractivity contribution in [3.8, 4) is 0 Å². The van der Waals surface area contributed by atoms with E-state index in [1.54, 1.807) is 0 Å². The van der Waals surface area contributed by atoms with Crippen molar-refractivity contribution in [2.24, 2.45) is 5.92 Å². The van der Waals surface area contributed by atoms with E-state index in [1.807, 2.05) is 0 Å². The summed E-state index contributed by atoms with van der Waals surface area (Å²) in [5, 5.41) is 3.96. The smallest absolute Gasteiger partial charge is 0.237 e. The van der Waals surface area contributed by atoms with Crippen LogP contribution < -0.4 is 0 Å². The van der Waals surface area contributed by atoms with Gasteiger partial charge in [0.2, 0.25) is 5.89 Å². The predicted octanol–water partition coefficient (Wildman–Crippen LogP) is 1.49. The third-order valence-electron chi connectivity index (χ3n) is 3.58. The summed E-state index contributed by atoms with van der Waals surface area (Å²) in [5.41, 5.74) is 0. The molecule has 5 nitrogen and oxygen atoms in total. The highest BCUT2D eigenvalue weighted by Crippen LogP contribution is 2.30. The number of ketones is 1. The molecule has 3 rings (SSSR count). The van der Waals surface area contributed by atoms with E-state index in [0.717, 1.165) is 44.7 Å². The maximum atomic E-state index is 11.6. The Morgan fingerprint density at radius 3 is 3.00 bits per heavy atom. The topological polar surface area (TPSA) is 65.2 Å². The third kappa shape index (κ3) is 2.24. The van der Waals surface area contributed by atoms with Gasteiger partial charge in [-0.1, -0.05) is 5.16 Å². The predicted molar refractivity (Wildman–Crippen MR) is 58.5 cm³/mol. The van der Waals surface area contributed by atoms with Crippen LogP contribution in [0.25, 0.3) is 0 Å². The van der Waals surface area contributed by atoms with Crippen molar-refractivity contribution in [2.75, 3.05) is 13.2 Å². The van der Waals surface area contributed by atoms with Crippen LogP contribution >= 0.6 is 0 Å². The first-order valence-corrected chi connectivity index (χ1v) is 6.26. The molecule has 17 heavy (non-hydrogen) atoms. The van der Waals surface area contributed by atoms with E-state index in [1.165, 1.54) is 0 Å². The number of Topliss-reactive ketones (excluding diaryl/α,β-unsaturated/α-hetero) is 1. The number of rotatable bonds is 3. The summed E-state index contributed by atoms with van der Waals surface area (Å²) in [5.74, 6) is 1.83. The van der Waals surface area contributed by atoms with Crippen molar-refractivity contribution in [1.82, 2.24) is 10.1 Å². The van der Waals surface area contributed by atoms with E-state index in [9.17, 15) is 4.79 Å². The Morgan fingerprint density at radius 2 is 2.29 bits per heavy atom. The maximum absolute atomic E-state index is 11.6. The van der Waals surface area contributed by atoms with Crippen LogP contribution in [0, 0.1) is 5.92 Å². The fraction of sp³-hybridized carbons (Fsp3) is 0.750. The first-order chi connectivity index (χ1) is 8.33. The lowest BCUT2D eigenvalue weighted by Crippen LogP contribution is -2.07. The molecule has 2 unspecified atom stereocenters. The molecule has 0 amide bonds. The molecule has 1 aliphatic carbocycles. The van der Waals surface area contributed by atoms with Gasteiger partial charge in [-0.25, -0.2) is 0 Å². The van der Waals surface area contributed by atoms with E-state index >= 15 is 0 Å². The third-order valence-corrected chi connectivity index (χ3v) is 3.58. The van der Waals surface area contributed by atoms with E-state index in [0.29, 0.717) is 18.2 Å². The van der Waals surface area contributed by atoms with E-state index < -0.39 is 0 Å². The Labute approximate surface area is 99.5 Å². The number of hydrogen-bond acceptors (Lipinski definition) is 5. The van der Waals surface area contributed by atoms with Crippen LogP contribution in [0.5, 0.6) is 0 Å². The Morgan fingerprint density at radius 1 is 1.35 bits per heavy atom. The molecule has 92 valence electrons. The fourth-order valence-corrected chi connectivity index (χ4v) is 2.57. The van der Waals surface area contributed by atoms with Gasteiger partial charge in [-0.15, -0.1) is 0 Å². The molecule has 1 aromatic heterocycles. The van der Waals surface area contributed by atoms with Gasteiger partial charge < -0.3 is 9.26 Å². The summed E-state index contributed by atoms with van der Waals surface area (Å²) >= 11 is 0. The number of carbonyl (C=O) groups is 1. The average molecular weight is 236 g/mol. The average Bonchev–Trinajstić information content (AvgIpc) is 3.00. The highest BCUT2D eigenvalue weighted by molar-refractivity contribution is 5.86. The molecule has 0 aromatic carbocycles. The molecule has 2 atom stereocenters. The van der Waals surface area contributed by atoms with Gasteiger partial charge in [-0.3, -0.25) is 4.79 Å². The van der Waals surface area contributed by atoms with E-state index in [2.05, 4.69) is 10.1 Å². The molecule has 2 heterocycles. The minimum Gasteiger partial charge on any atom is -0.381 e. The molecular weight excluding hydrogens is 220 g/mol. The summed E-state index contributed by atoms with van der Waals surface area (Å²) in [4.78, 5) is 15.9. The van der Waals surface area contributed by atoms with Crippen LogP contribution in [-0.2, 0) is 16.0 Å². The minimum absolute atomic E-state index is 0.143. The lowest BCUT2D eigenvalue weighted by molar-refractivity contribution is -0.119. The Kier molecular flexibility index (Phi) is 2.93. The van der Waals surface area contributed by atoms with Crippen LogP contribution in [0.2, 0.25) is 0 Å². The number of nitrogens with zero attached hydrogens (tertiary/aromatic N) is 2. The van der Waals surface area contributed by atoms with Crippen molar-refractivity contribution < 1.29 is 14.1 Å². The second-order valence-corrected chi connectivity index (χ2v) is 4.89. The standard InChI is InChI=1S/C12H16N2O3/c15-10-3-1-2-9(10)12-13-11(14-17-12)6-8-4-5-16-7-8/h8-9H,1-7H2. The number of aromatic nitrogens is 2. The molecule has 0 spiro atoms. The van der Waals surface area contributed by atoms with Crippen molar-refractivity contribution in [3.63, 3.8) is 0 Å². The molecule has 1 saturated heterocycles. The molecule has 2 aliphatic rings. The summed E-state index contributed by atoms with van der Waals surface area (Å²) < 4.78 is 10.5. The van der Waals surface area contributed by atoms with Gasteiger partial charge in [-0.2, -0.15) is 4.98 Å². The Balaban J connectivity index is 1.67. The van der Waals surface area contributed by atoms with Crippen molar-refractivity contribution >= 4 is 5.78 Å². The van der Waals surface area contributed by atoms with Gasteiger partial charge in [0, 0.05) is 26.1 Å². The van der Waals surface area contributed by atoms with Crippen LogP contribution in [0.15, 0.2) is 4.52 Å². The first-order valence-electron chi connectivity index (χ1n) is 6.26. The quantitative estimate of drug-likeness (QED) is 0.795. The summed E-state index contributed by atoms with van der Waals surface area (Å²) in [6.45, 7) is 1.61.